The topological polar surface area (TPSA) is 42.9 Å². The van der Waals surface area contributed by atoms with Crippen molar-refractivity contribution in [2.75, 3.05) is 0 Å². The van der Waals surface area contributed by atoms with Gasteiger partial charge in [-0.3, -0.25) is 4.79 Å². The maximum absolute atomic E-state index is 11.3. The molecular weight excluding hydrogens is 276 g/mol. The number of thiazole rings is 1. The molecule has 0 spiro atoms. The third-order valence-electron chi connectivity index (χ3n) is 2.61. The normalized spacial score (nSPS) is 10.8. The first-order chi connectivity index (χ1) is 9.22. The van der Waals surface area contributed by atoms with E-state index in [0.29, 0.717) is 5.56 Å². The Morgan fingerprint density at radius 3 is 2.89 bits per heavy atom. The predicted octanol–water partition coefficient (Wildman–Crippen LogP) is 4.05. The van der Waals surface area contributed by atoms with Gasteiger partial charge >= 0.3 is 0 Å². The van der Waals surface area contributed by atoms with Gasteiger partial charge in [0, 0.05) is 11.8 Å². The van der Waals surface area contributed by atoms with Crippen LogP contribution in [0.5, 0.6) is 0 Å². The van der Waals surface area contributed by atoms with Gasteiger partial charge in [0.1, 0.15) is 5.03 Å². The molecule has 3 nitrogen and oxygen atoms in total. The van der Waals surface area contributed by atoms with Gasteiger partial charge < -0.3 is 0 Å². The van der Waals surface area contributed by atoms with E-state index < -0.39 is 0 Å². The largest absolute Gasteiger partial charge is 0.295 e. The highest BCUT2D eigenvalue weighted by Gasteiger charge is 2.07. The maximum atomic E-state index is 11.3. The first-order valence-electron chi connectivity index (χ1n) is 5.73. The van der Waals surface area contributed by atoms with Gasteiger partial charge in [-0.05, 0) is 43.0 Å². The molecule has 0 aliphatic rings. The molecule has 2 aromatic heterocycles. The molecule has 0 amide bonds. The lowest BCUT2D eigenvalue weighted by Gasteiger charge is -1.98. The molecule has 5 heteroatoms. The van der Waals surface area contributed by atoms with E-state index in [1.807, 2.05) is 18.2 Å². The fraction of sp³-hybridized carbons (Fsp3) is 0.0714. The van der Waals surface area contributed by atoms with Crippen molar-refractivity contribution in [3.05, 3.63) is 48.2 Å². The van der Waals surface area contributed by atoms with Crippen LogP contribution in [0.25, 0.3) is 10.2 Å². The summed E-state index contributed by atoms with van der Waals surface area (Å²) in [5.74, 6) is 0.0496. The van der Waals surface area contributed by atoms with Crippen molar-refractivity contribution in [3.63, 3.8) is 0 Å². The molecule has 3 aromatic rings. The van der Waals surface area contributed by atoms with Crippen molar-refractivity contribution in [2.24, 2.45) is 0 Å². The average molecular weight is 286 g/mol. The molecule has 0 N–H and O–H groups in total. The van der Waals surface area contributed by atoms with E-state index >= 15 is 0 Å². The van der Waals surface area contributed by atoms with Gasteiger partial charge in [0.15, 0.2) is 10.1 Å². The van der Waals surface area contributed by atoms with Gasteiger partial charge in [-0.15, -0.1) is 11.3 Å². The molecule has 0 unspecified atom stereocenters. The van der Waals surface area contributed by atoms with Crippen LogP contribution in [-0.4, -0.2) is 15.8 Å². The van der Waals surface area contributed by atoms with Crippen molar-refractivity contribution in [2.45, 2.75) is 16.3 Å². The van der Waals surface area contributed by atoms with Crippen molar-refractivity contribution >= 4 is 39.1 Å². The number of ketones is 1. The maximum Gasteiger partial charge on any atom is 0.159 e. The highest BCUT2D eigenvalue weighted by molar-refractivity contribution is 8.01. The number of rotatable bonds is 3. The summed E-state index contributed by atoms with van der Waals surface area (Å²) < 4.78 is 2.10. The van der Waals surface area contributed by atoms with E-state index in [9.17, 15) is 4.79 Å². The first-order valence-corrected chi connectivity index (χ1v) is 7.36. The average Bonchev–Trinajstić information content (AvgIpc) is 2.81. The van der Waals surface area contributed by atoms with Crippen LogP contribution >= 0.6 is 23.1 Å². The van der Waals surface area contributed by atoms with Crippen LogP contribution in [0, 0.1) is 0 Å². The number of carbonyl (C=O) groups is 1. The van der Waals surface area contributed by atoms with Gasteiger partial charge in [-0.1, -0.05) is 12.1 Å². The smallest absolute Gasteiger partial charge is 0.159 e. The van der Waals surface area contributed by atoms with Crippen molar-refractivity contribution in [1.29, 1.82) is 0 Å². The first kappa shape index (κ1) is 12.3. The lowest BCUT2D eigenvalue weighted by atomic mass is 10.2. The van der Waals surface area contributed by atoms with Crippen molar-refractivity contribution in [1.82, 2.24) is 9.97 Å². The zero-order valence-electron chi connectivity index (χ0n) is 10.2. The quantitative estimate of drug-likeness (QED) is 0.681. The van der Waals surface area contributed by atoms with E-state index in [-0.39, 0.29) is 5.78 Å². The summed E-state index contributed by atoms with van der Waals surface area (Å²) in [6.45, 7) is 1.56. The number of benzene rings is 1. The number of pyridine rings is 1. The summed E-state index contributed by atoms with van der Waals surface area (Å²) in [6, 6.07) is 11.6. The Balaban J connectivity index is 1.92. The molecular formula is C14H10N2OS2. The van der Waals surface area contributed by atoms with E-state index in [2.05, 4.69) is 16.0 Å². The Morgan fingerprint density at radius 2 is 2.11 bits per heavy atom. The molecule has 0 saturated carbocycles. The molecule has 0 aliphatic carbocycles. The third kappa shape index (κ3) is 2.67. The van der Waals surface area contributed by atoms with Crippen LogP contribution in [0.3, 0.4) is 0 Å². The molecule has 0 bridgehead atoms. The van der Waals surface area contributed by atoms with Crippen LogP contribution < -0.4 is 0 Å². The number of nitrogens with zero attached hydrogens (tertiary/aromatic N) is 2. The fourth-order valence-electron chi connectivity index (χ4n) is 1.67. The van der Waals surface area contributed by atoms with Gasteiger partial charge in [0.05, 0.1) is 10.2 Å². The van der Waals surface area contributed by atoms with Crippen LogP contribution in [0.15, 0.2) is 52.0 Å². The Bertz CT molecular complexity index is 719. The number of hydrogen-bond acceptors (Lipinski definition) is 5. The zero-order valence-corrected chi connectivity index (χ0v) is 11.8. The summed E-state index contributed by atoms with van der Waals surface area (Å²) in [7, 11) is 0. The van der Waals surface area contributed by atoms with E-state index in [1.165, 1.54) is 11.8 Å². The Kier molecular flexibility index (Phi) is 3.31. The summed E-state index contributed by atoms with van der Waals surface area (Å²) in [5, 5.41) is 0.798. The molecule has 3 rings (SSSR count). The van der Waals surface area contributed by atoms with Gasteiger partial charge in [0.2, 0.25) is 0 Å². The lowest BCUT2D eigenvalue weighted by Crippen LogP contribution is -1.92. The summed E-state index contributed by atoms with van der Waals surface area (Å²) in [6.07, 6.45) is 1.66. The second-order valence-corrected chi connectivity index (χ2v) is 6.29. The molecule has 19 heavy (non-hydrogen) atoms. The van der Waals surface area contributed by atoms with Crippen molar-refractivity contribution in [3.8, 4) is 0 Å². The highest BCUT2D eigenvalue weighted by atomic mass is 32.2. The second kappa shape index (κ2) is 5.11. The standard InChI is InChI=1S/C14H10N2OS2/c1-9(17)10-6-7-15-13(8-10)19-14-16-11-4-2-3-5-12(11)18-14/h2-8H,1H3. The second-order valence-electron chi connectivity index (χ2n) is 3.99. The third-order valence-corrected chi connectivity index (χ3v) is 4.64. The molecule has 0 aliphatic heterocycles. The highest BCUT2D eigenvalue weighted by Crippen LogP contribution is 2.33. The van der Waals surface area contributed by atoms with Gasteiger partial charge in [-0.25, -0.2) is 9.97 Å². The summed E-state index contributed by atoms with van der Waals surface area (Å²) in [5.41, 5.74) is 1.68. The fourth-order valence-corrected chi connectivity index (χ4v) is 3.68. The predicted molar refractivity (Wildman–Crippen MR) is 78.0 cm³/mol. The van der Waals surface area contributed by atoms with E-state index in [0.717, 1.165) is 19.6 Å². The molecule has 94 valence electrons. The molecule has 1 aromatic carbocycles. The number of hydrogen-bond donors (Lipinski definition) is 0. The van der Waals surface area contributed by atoms with E-state index in [1.54, 1.807) is 36.6 Å². The minimum absolute atomic E-state index is 0.0496. The molecule has 2 heterocycles. The minimum atomic E-state index is 0.0496. The van der Waals surface area contributed by atoms with Gasteiger partial charge in [-0.2, -0.15) is 0 Å². The van der Waals surface area contributed by atoms with Crippen LogP contribution in [0.2, 0.25) is 0 Å². The van der Waals surface area contributed by atoms with Gasteiger partial charge in [0.25, 0.3) is 0 Å². The SMILES string of the molecule is CC(=O)c1ccnc(Sc2nc3ccccc3s2)c1. The van der Waals surface area contributed by atoms with Crippen molar-refractivity contribution < 1.29 is 4.79 Å². The number of Topliss-reactive ketones (excluding diaryl/α,β-unsaturated/α-hetero) is 1. The van der Waals surface area contributed by atoms with Crippen LogP contribution in [-0.2, 0) is 0 Å². The number of para-hydroxylation sites is 1. The summed E-state index contributed by atoms with van der Waals surface area (Å²) in [4.78, 5) is 20.1. The lowest BCUT2D eigenvalue weighted by molar-refractivity contribution is 0.101. The molecule has 0 atom stereocenters. The minimum Gasteiger partial charge on any atom is -0.295 e. The van der Waals surface area contributed by atoms with Crippen LogP contribution in [0.4, 0.5) is 0 Å². The molecule has 0 fully saturated rings. The van der Waals surface area contributed by atoms with Crippen LogP contribution in [0.1, 0.15) is 17.3 Å². The Hall–Kier alpha value is -1.72. The Labute approximate surface area is 118 Å². The molecule has 0 saturated heterocycles. The van der Waals surface area contributed by atoms with E-state index in [4.69, 9.17) is 0 Å². The number of aromatic nitrogens is 2. The Morgan fingerprint density at radius 1 is 1.26 bits per heavy atom. The monoisotopic (exact) mass is 286 g/mol. The summed E-state index contributed by atoms with van der Waals surface area (Å²) >= 11 is 3.12. The zero-order chi connectivity index (χ0) is 13.2. The number of carbonyl (C=O) groups excluding carboxylic acids is 1. The number of fused-ring (bicyclic) bond motifs is 1. The molecule has 0 radical (unpaired) electrons.